The van der Waals surface area contributed by atoms with E-state index in [4.69, 9.17) is 54.2 Å². The van der Waals surface area contributed by atoms with Crippen molar-refractivity contribution in [3.05, 3.63) is 89.3 Å². The van der Waals surface area contributed by atoms with Crippen LogP contribution in [-0.2, 0) is 102 Å². The van der Waals surface area contributed by atoms with Gasteiger partial charge in [-0.3, -0.25) is 63.5 Å². The number of hydrogen-bond acceptors (Lipinski definition) is 30. The Hall–Kier alpha value is -9.93. The number of allylic oxidation sites excluding steroid dienone is 3. The van der Waals surface area contributed by atoms with Crippen LogP contribution < -0.4 is 64.9 Å². The smallest absolute Gasteiger partial charge is 0.410 e. The molecule has 2 aromatic rings. The number of nitrogens with one attached hydrogen (secondary N) is 10. The number of carbonyl (C=O) groups excluding carboxylic acids is 13. The second-order valence-corrected chi connectivity index (χ2v) is 36.7. The third-order valence-corrected chi connectivity index (χ3v) is 25.5. The predicted octanol–water partition coefficient (Wildman–Crippen LogP) is 1.95. The number of hydrogen-bond donors (Lipinski definition) is 17. The molecule has 2 heterocycles. The summed E-state index contributed by atoms with van der Waals surface area (Å²) in [6, 6.07) is 6.54. The maximum absolute atomic E-state index is 15.0. The van der Waals surface area contributed by atoms with E-state index in [9.17, 15) is 87.9 Å². The molecule has 776 valence electrons. The van der Waals surface area contributed by atoms with Crippen molar-refractivity contribution in [2.24, 2.45) is 47.1 Å². The van der Waals surface area contributed by atoms with Crippen LogP contribution in [0, 0.1) is 35.5 Å². The van der Waals surface area contributed by atoms with Crippen molar-refractivity contribution >= 4 is 82.5 Å². The summed E-state index contributed by atoms with van der Waals surface area (Å²) in [5.41, 5.74) is 10.2. The minimum atomic E-state index is -1.64. The molecule has 0 aromatic heterocycles. The van der Waals surface area contributed by atoms with Gasteiger partial charge < -0.3 is 137 Å². The predicted molar refractivity (Wildman–Crippen MR) is 507 cm³/mol. The largest absolute Gasteiger partial charge is 0.445 e. The third kappa shape index (κ3) is 36.9. The Bertz CT molecular complexity index is 4210. The number of amides is 12. The van der Waals surface area contributed by atoms with E-state index < -0.39 is 200 Å². The minimum absolute atomic E-state index is 0.0139. The van der Waals surface area contributed by atoms with Gasteiger partial charge in [-0.15, -0.1) is 0 Å². The van der Waals surface area contributed by atoms with E-state index in [0.717, 1.165) is 11.3 Å². The number of ether oxygens (including phenoxy) is 9. The molecule has 42 heteroatoms. The molecule has 2 aliphatic carbocycles. The number of nitrogens with two attached hydrogens (primary N) is 2. The van der Waals surface area contributed by atoms with E-state index in [1.54, 1.807) is 104 Å². The number of hydrazine groups is 1. The van der Waals surface area contributed by atoms with Crippen LogP contribution in [0.15, 0.2) is 78.1 Å². The van der Waals surface area contributed by atoms with E-state index in [1.165, 1.54) is 50.5 Å². The first-order valence-corrected chi connectivity index (χ1v) is 48.2. The molecule has 138 heavy (non-hydrogen) atoms. The van der Waals surface area contributed by atoms with Crippen molar-refractivity contribution in [1.29, 1.82) is 0 Å². The molecule has 6 rings (SSSR count). The highest BCUT2D eigenvalue weighted by atomic mass is 16.6. The molecule has 0 spiro atoms. The van der Waals surface area contributed by atoms with Gasteiger partial charge in [0.05, 0.1) is 113 Å². The van der Waals surface area contributed by atoms with Gasteiger partial charge in [-0.25, -0.2) is 9.59 Å². The molecule has 42 nitrogen and oxygen atoms in total. The van der Waals surface area contributed by atoms with Crippen molar-refractivity contribution in [3.8, 4) is 0 Å². The number of rotatable bonds is 61. The molecule has 2 aliphatic heterocycles. The number of likely N-dealkylation sites (N-methyl/N-ethyl adjacent to an activating group) is 2. The molecule has 4 aliphatic rings. The normalized spacial score (nSPS) is 20.7. The molecule has 2 unspecified atom stereocenters. The van der Waals surface area contributed by atoms with Crippen molar-refractivity contribution in [3.63, 3.8) is 0 Å². The Morgan fingerprint density at radius 3 is 1.84 bits per heavy atom. The number of benzene rings is 2. The van der Waals surface area contributed by atoms with E-state index >= 15 is 0 Å². The van der Waals surface area contributed by atoms with Gasteiger partial charge >= 0.3 is 12.1 Å². The van der Waals surface area contributed by atoms with Gasteiger partial charge in [0.2, 0.25) is 53.2 Å². The van der Waals surface area contributed by atoms with Gasteiger partial charge in [0.15, 0.2) is 17.8 Å². The van der Waals surface area contributed by atoms with Crippen molar-refractivity contribution in [1.82, 2.24) is 62.7 Å². The van der Waals surface area contributed by atoms with Crippen LogP contribution in [-0.4, -0.2) is 328 Å². The summed E-state index contributed by atoms with van der Waals surface area (Å²) >= 11 is 0. The number of primary amides is 1. The molecule has 0 saturated carbocycles. The molecule has 0 bridgehead atoms. The fourth-order valence-electron chi connectivity index (χ4n) is 17.3. The zero-order valence-electron chi connectivity index (χ0n) is 82.6. The molecule has 2 fully saturated rings. The molecular weight excluding hydrogens is 1800 g/mol. The Labute approximate surface area is 809 Å². The fraction of sp³-hybridized carbons (Fsp3) is 0.698. The lowest BCUT2D eigenvalue weighted by Crippen LogP contribution is -2.62. The molecule has 2 aromatic carbocycles. The Balaban J connectivity index is 1.06. The highest BCUT2D eigenvalue weighted by molar-refractivity contribution is 6.18. The summed E-state index contributed by atoms with van der Waals surface area (Å²) in [6.45, 7) is 18.3. The van der Waals surface area contributed by atoms with Crippen LogP contribution in [0.25, 0.3) is 0 Å². The van der Waals surface area contributed by atoms with E-state index in [2.05, 4.69) is 53.3 Å². The van der Waals surface area contributed by atoms with Gasteiger partial charge in [-0.05, 0) is 137 Å². The number of carbonyl (C=O) groups is 13. The summed E-state index contributed by atoms with van der Waals surface area (Å²) in [5, 5.41) is 77.7. The Kier molecular flexibility index (Phi) is 51.6. The highest BCUT2D eigenvalue weighted by Gasteiger charge is 2.47. The van der Waals surface area contributed by atoms with Gasteiger partial charge in [-0.2, -0.15) is 0 Å². The number of urea groups is 1. The van der Waals surface area contributed by atoms with Gasteiger partial charge in [0.1, 0.15) is 73.9 Å². The summed E-state index contributed by atoms with van der Waals surface area (Å²) in [4.78, 5) is 182. The number of unbranched alkanes of at least 4 members (excludes halogenated alkanes) is 1. The monoisotopic (exact) mass is 1950 g/mol. The minimum Gasteiger partial charge on any atom is -0.445 e. The quantitative estimate of drug-likeness (QED) is 0.0195. The first-order valence-electron chi connectivity index (χ1n) is 48.2. The Morgan fingerprint density at radius 1 is 0.623 bits per heavy atom. The molecular formula is C96H155N15O27. The fourth-order valence-corrected chi connectivity index (χ4v) is 17.3. The van der Waals surface area contributed by atoms with Gasteiger partial charge in [0, 0.05) is 72.4 Å². The molecule has 2 saturated heterocycles. The number of likely N-dealkylation sites (tertiary alicyclic amines) is 1. The Morgan fingerprint density at radius 2 is 1.24 bits per heavy atom. The molecule has 19 N–H and O–H groups in total. The number of nitrogens with zero attached hydrogens (tertiary/aromatic N) is 3. The lowest BCUT2D eigenvalue weighted by molar-refractivity contribution is -0.234. The van der Waals surface area contributed by atoms with Crippen LogP contribution in [0.5, 0.6) is 0 Å². The van der Waals surface area contributed by atoms with Crippen LogP contribution in [0.1, 0.15) is 189 Å². The maximum Gasteiger partial charge on any atom is 0.410 e. The lowest BCUT2D eigenvalue weighted by atomic mass is 9.89. The van der Waals surface area contributed by atoms with Crippen molar-refractivity contribution < 1.29 is 130 Å². The lowest BCUT2D eigenvalue weighted by Gasteiger charge is -2.41. The average molecular weight is 1950 g/mol. The van der Waals surface area contributed by atoms with Crippen LogP contribution in [0.2, 0.25) is 0 Å². The number of aliphatic hydroxyl groups is 5. The number of methoxy groups -OCH3 is 2. The standard InChI is InChI=1S/C96H155N15O27/c1-15-59(8)82(73(130-13)52-77(117)111-43-25-31-69(111)87(131-14)60(9)88(122)101-61(10)83(118)63-26-18-16-19-27-63)109(11)94(127)79(57(4)5)107-92(126)81(58(6)7)110(12)96(129)137-54-62-33-35-64(36-34-62)102-89(123)68(30-24-42-100-95(97)128)104-91(125)78(56(2)3)106-90(124)67(103-75(115)40-45-133-47-49-135-51-50-134-48-46-132-44-39-65-70(113)37-38-71(65)114)29-22-23-41-99-76(116)55-136-72-32-21-17-20-28-66(80(72)108-98)105-93-86(121)85(120)84(119)74(53-112)138-93/h16,18-19,26-27,33-38,56-61,65,67-69,72-74,78-79,81-87,93,105,108,112,118-121H,15,17,20-25,28-32,39-55,98H2,1-14H3,(H,99,116)(H,101,122)(H,102,123)(H,103,115)(H,104,125)(H,106,124)(H,107,126)(H3,97,100,128)/t59-,60+,61+,67+,68-,69-,72?,73+,74+,78-,79-,81-,82-,83+,84-,85-,86+,87+,93?/m0/s1. The van der Waals surface area contributed by atoms with E-state index in [1.807, 2.05) is 19.9 Å². The second-order valence-electron chi connectivity index (χ2n) is 36.7. The zero-order chi connectivity index (χ0) is 102. The summed E-state index contributed by atoms with van der Waals surface area (Å²) < 4.78 is 52.0. The van der Waals surface area contributed by atoms with Crippen molar-refractivity contribution in [2.75, 3.05) is 119 Å². The number of ketones is 2. The van der Waals surface area contributed by atoms with E-state index in [0.29, 0.717) is 80.4 Å². The SMILES string of the molecule is CC[C@H](C)[C@@H]([C@@H](CC(=O)N1CCC[C@H]1[C@H](OC)[C@@H](C)C(=O)N[C@H](C)[C@@H](O)c1ccccc1)OC)N(C)C(=O)[C@@H](NC(=O)[C@H](C(C)C)N(C)C(=O)OCc1ccc(NC(=O)[C@H](CCCNC(N)=O)NC(=O)[C@@H](NC(=O)[C@@H](CCCCNC(=O)COC2CCCCCC(NC3O[C@H](CO)[C@H](O)[C@H](O)[C@H]3O)=C2NN)NC(=O)CCOCCOCCOCCOCCC2C(=O)C=CC2=O)C(C)C)cc1)C(C)C. The first kappa shape index (κ1) is 117. The molecule has 19 atom stereocenters. The second kappa shape index (κ2) is 60.9. The van der Waals surface area contributed by atoms with Gasteiger partial charge in [0.25, 0.3) is 0 Å². The van der Waals surface area contributed by atoms with Crippen LogP contribution >= 0.6 is 0 Å². The van der Waals surface area contributed by atoms with Crippen molar-refractivity contribution in [2.45, 2.75) is 282 Å². The molecule has 0 radical (unpaired) electrons. The average Bonchev–Trinajstić information content (AvgIpc) is 1.21. The highest BCUT2D eigenvalue weighted by Crippen LogP contribution is 2.33. The van der Waals surface area contributed by atoms with Crippen LogP contribution in [0.4, 0.5) is 15.3 Å². The third-order valence-electron chi connectivity index (χ3n) is 25.5. The molecule has 12 amide bonds. The van der Waals surface area contributed by atoms with Gasteiger partial charge in [-0.1, -0.05) is 124 Å². The first-order chi connectivity index (χ1) is 65.8. The summed E-state index contributed by atoms with van der Waals surface area (Å²) in [7, 11) is 6.01. The topological polar surface area (TPSA) is 588 Å². The van der Waals surface area contributed by atoms with E-state index in [-0.39, 0.29) is 152 Å². The maximum atomic E-state index is 15.0. The summed E-state index contributed by atoms with van der Waals surface area (Å²) in [5.74, 6) is -2.62. The summed E-state index contributed by atoms with van der Waals surface area (Å²) in [6.07, 6.45) is -3.31. The van der Waals surface area contributed by atoms with Crippen LogP contribution in [0.3, 0.4) is 0 Å². The zero-order valence-corrected chi connectivity index (χ0v) is 82.6. The number of anilines is 1. The number of aliphatic hydroxyl groups excluding tert-OH is 5.